The van der Waals surface area contributed by atoms with Crippen LogP contribution in [0, 0.1) is 0 Å². The van der Waals surface area contributed by atoms with Crippen molar-refractivity contribution in [2.45, 2.75) is 31.3 Å². The molecule has 23 heavy (non-hydrogen) atoms. The molecule has 2 heterocycles. The quantitative estimate of drug-likeness (QED) is 0.778. The van der Waals surface area contributed by atoms with Crippen molar-refractivity contribution in [2.75, 3.05) is 13.6 Å². The zero-order valence-corrected chi connectivity index (χ0v) is 13.2. The molecule has 122 valence electrons. The van der Waals surface area contributed by atoms with Gasteiger partial charge >= 0.3 is 0 Å². The maximum atomic E-state index is 12.3. The van der Waals surface area contributed by atoms with Gasteiger partial charge in [-0.25, -0.2) is 0 Å². The number of carbonyl (C=O) groups is 2. The Morgan fingerprint density at radius 3 is 3.04 bits per heavy atom. The normalized spacial score (nSPS) is 19.8. The van der Waals surface area contributed by atoms with Gasteiger partial charge in [0.15, 0.2) is 0 Å². The number of aromatic nitrogens is 1. The largest absolute Gasteiger partial charge is 0.361 e. The first-order chi connectivity index (χ1) is 11.0. The number of rotatable bonds is 4. The zero-order valence-electron chi connectivity index (χ0n) is 13.2. The molecule has 4 N–H and O–H groups in total. The second-order valence-electron chi connectivity index (χ2n) is 6.19. The number of hydrogen-bond donors (Lipinski definition) is 3. The van der Waals surface area contributed by atoms with E-state index in [0.29, 0.717) is 25.8 Å². The first-order valence-electron chi connectivity index (χ1n) is 7.89. The Labute approximate surface area is 135 Å². The van der Waals surface area contributed by atoms with E-state index in [4.69, 9.17) is 5.73 Å². The molecule has 1 aromatic carbocycles. The highest BCUT2D eigenvalue weighted by Crippen LogP contribution is 2.19. The minimum Gasteiger partial charge on any atom is -0.361 e. The molecule has 6 heteroatoms. The van der Waals surface area contributed by atoms with Gasteiger partial charge in [0.25, 0.3) is 0 Å². The second-order valence-corrected chi connectivity index (χ2v) is 6.19. The highest BCUT2D eigenvalue weighted by molar-refractivity contribution is 5.86. The summed E-state index contributed by atoms with van der Waals surface area (Å²) in [5.41, 5.74) is 8.16. The van der Waals surface area contributed by atoms with Crippen molar-refractivity contribution in [1.82, 2.24) is 15.2 Å². The van der Waals surface area contributed by atoms with Crippen LogP contribution < -0.4 is 11.1 Å². The first-order valence-corrected chi connectivity index (χ1v) is 7.89. The van der Waals surface area contributed by atoms with Crippen LogP contribution in [0.15, 0.2) is 30.5 Å². The van der Waals surface area contributed by atoms with Crippen LogP contribution in [0.5, 0.6) is 0 Å². The molecule has 0 aliphatic carbocycles. The number of likely N-dealkylation sites (tertiary alicyclic amines) is 1. The Balaban J connectivity index is 1.60. The van der Waals surface area contributed by atoms with E-state index in [1.54, 1.807) is 11.9 Å². The smallest absolute Gasteiger partial charge is 0.237 e. The first kappa shape index (κ1) is 15.6. The summed E-state index contributed by atoms with van der Waals surface area (Å²) in [4.78, 5) is 28.6. The van der Waals surface area contributed by atoms with E-state index in [9.17, 15) is 9.59 Å². The number of carbonyl (C=O) groups excluding carboxylic acids is 2. The van der Waals surface area contributed by atoms with Crippen molar-refractivity contribution < 1.29 is 9.59 Å². The topological polar surface area (TPSA) is 91.2 Å². The number of hydrogen-bond acceptors (Lipinski definition) is 3. The Hall–Kier alpha value is -2.34. The van der Waals surface area contributed by atoms with Crippen LogP contribution in [-0.2, 0) is 16.0 Å². The Morgan fingerprint density at radius 2 is 2.26 bits per heavy atom. The fraction of sp³-hybridized carbons (Fsp3) is 0.412. The highest BCUT2D eigenvalue weighted by atomic mass is 16.2. The van der Waals surface area contributed by atoms with Crippen LogP contribution in [0.1, 0.15) is 18.4 Å². The van der Waals surface area contributed by atoms with Crippen molar-refractivity contribution in [1.29, 1.82) is 0 Å². The summed E-state index contributed by atoms with van der Waals surface area (Å²) >= 11 is 0. The molecular weight excluding hydrogens is 292 g/mol. The summed E-state index contributed by atoms with van der Waals surface area (Å²) in [6.07, 6.45) is 3.54. The molecule has 1 aliphatic rings. The minimum atomic E-state index is -0.600. The van der Waals surface area contributed by atoms with Crippen molar-refractivity contribution in [3.63, 3.8) is 0 Å². The van der Waals surface area contributed by atoms with Crippen molar-refractivity contribution >= 4 is 22.7 Å². The summed E-state index contributed by atoms with van der Waals surface area (Å²) in [6.45, 7) is 0.546. The molecule has 2 atom stereocenters. The van der Waals surface area contributed by atoms with Gasteiger partial charge in [0.1, 0.15) is 0 Å². The lowest BCUT2D eigenvalue weighted by Gasteiger charge is -2.30. The number of nitrogens with one attached hydrogen (secondary N) is 2. The number of fused-ring (bicyclic) bond motifs is 1. The lowest BCUT2D eigenvalue weighted by atomic mass is 10.0. The van der Waals surface area contributed by atoms with Gasteiger partial charge in [0.05, 0.1) is 6.04 Å². The van der Waals surface area contributed by atoms with Crippen LogP contribution in [0.2, 0.25) is 0 Å². The zero-order chi connectivity index (χ0) is 16.4. The molecule has 2 amide bonds. The van der Waals surface area contributed by atoms with Gasteiger partial charge < -0.3 is 20.9 Å². The number of aromatic amines is 1. The Morgan fingerprint density at radius 1 is 1.48 bits per heavy atom. The summed E-state index contributed by atoms with van der Waals surface area (Å²) in [5, 5.41) is 4.06. The standard InChI is InChI=1S/C17H22N4O2/c1-21-10-12(6-7-16(21)22)20-17(23)14(18)8-11-9-19-15-5-3-2-4-13(11)15/h2-5,9,12,14,19H,6-8,10,18H2,1H3,(H,20,23)/t12?,14-/m0/s1. The molecule has 1 fully saturated rings. The summed E-state index contributed by atoms with van der Waals surface area (Å²) in [7, 11) is 1.76. The average molecular weight is 314 g/mol. The fourth-order valence-corrected chi connectivity index (χ4v) is 3.07. The Kier molecular flexibility index (Phi) is 4.34. The van der Waals surface area contributed by atoms with Crippen LogP contribution >= 0.6 is 0 Å². The summed E-state index contributed by atoms with van der Waals surface area (Å²) in [6, 6.07) is 7.35. The molecule has 1 aliphatic heterocycles. The van der Waals surface area contributed by atoms with E-state index >= 15 is 0 Å². The number of nitrogens with two attached hydrogens (primary N) is 1. The van der Waals surface area contributed by atoms with Gasteiger partial charge in [0.2, 0.25) is 11.8 Å². The molecule has 1 aromatic heterocycles. The van der Waals surface area contributed by atoms with Gasteiger partial charge in [0, 0.05) is 43.2 Å². The van der Waals surface area contributed by atoms with Gasteiger partial charge in [-0.2, -0.15) is 0 Å². The predicted octanol–water partition coefficient (Wildman–Crippen LogP) is 0.775. The number of piperidine rings is 1. The third-order valence-corrected chi connectivity index (χ3v) is 4.42. The van der Waals surface area contributed by atoms with Crippen LogP contribution in [0.4, 0.5) is 0 Å². The number of H-pyrrole nitrogens is 1. The minimum absolute atomic E-state index is 0.0146. The van der Waals surface area contributed by atoms with E-state index in [0.717, 1.165) is 16.5 Å². The molecule has 1 saturated heterocycles. The molecule has 3 rings (SSSR count). The van der Waals surface area contributed by atoms with E-state index in [2.05, 4.69) is 10.3 Å². The average Bonchev–Trinajstić information content (AvgIpc) is 2.94. The molecule has 0 radical (unpaired) electrons. The number of benzene rings is 1. The lowest BCUT2D eigenvalue weighted by Crippen LogP contribution is -2.52. The highest BCUT2D eigenvalue weighted by Gasteiger charge is 2.26. The van der Waals surface area contributed by atoms with Crippen molar-refractivity contribution in [3.8, 4) is 0 Å². The van der Waals surface area contributed by atoms with Crippen LogP contribution in [-0.4, -0.2) is 47.4 Å². The van der Waals surface area contributed by atoms with E-state index in [1.807, 2.05) is 30.5 Å². The van der Waals surface area contributed by atoms with E-state index in [-0.39, 0.29) is 17.9 Å². The molecule has 2 aromatic rings. The van der Waals surface area contributed by atoms with Gasteiger partial charge in [-0.3, -0.25) is 9.59 Å². The Bertz CT molecular complexity index is 724. The van der Waals surface area contributed by atoms with Crippen LogP contribution in [0.3, 0.4) is 0 Å². The van der Waals surface area contributed by atoms with Gasteiger partial charge in [-0.05, 0) is 24.5 Å². The number of likely N-dealkylation sites (N-methyl/N-ethyl adjacent to an activating group) is 1. The number of amides is 2. The number of nitrogens with zero attached hydrogens (tertiary/aromatic N) is 1. The van der Waals surface area contributed by atoms with Crippen LogP contribution in [0.25, 0.3) is 10.9 Å². The van der Waals surface area contributed by atoms with Gasteiger partial charge in [-0.1, -0.05) is 18.2 Å². The number of para-hydroxylation sites is 1. The molecule has 0 bridgehead atoms. The van der Waals surface area contributed by atoms with Crippen molar-refractivity contribution in [2.24, 2.45) is 5.73 Å². The maximum Gasteiger partial charge on any atom is 0.237 e. The maximum absolute atomic E-state index is 12.3. The monoisotopic (exact) mass is 314 g/mol. The lowest BCUT2D eigenvalue weighted by molar-refractivity contribution is -0.134. The molecule has 0 saturated carbocycles. The fourth-order valence-electron chi connectivity index (χ4n) is 3.07. The molecule has 0 spiro atoms. The van der Waals surface area contributed by atoms with E-state index < -0.39 is 6.04 Å². The molecule has 6 nitrogen and oxygen atoms in total. The third kappa shape index (κ3) is 3.37. The SMILES string of the molecule is CN1CC(NC(=O)[C@@H](N)Cc2c[nH]c3ccccc23)CCC1=O. The summed E-state index contributed by atoms with van der Waals surface area (Å²) < 4.78 is 0. The third-order valence-electron chi connectivity index (χ3n) is 4.42. The second kappa shape index (κ2) is 6.42. The van der Waals surface area contributed by atoms with E-state index in [1.165, 1.54) is 0 Å². The molecular formula is C17H22N4O2. The predicted molar refractivity (Wildman–Crippen MR) is 88.8 cm³/mol. The van der Waals surface area contributed by atoms with Gasteiger partial charge in [-0.15, -0.1) is 0 Å². The summed E-state index contributed by atoms with van der Waals surface area (Å²) in [5.74, 6) is -0.0402. The molecule has 1 unspecified atom stereocenters. The van der Waals surface area contributed by atoms with Crippen molar-refractivity contribution in [3.05, 3.63) is 36.0 Å².